The predicted octanol–water partition coefficient (Wildman–Crippen LogP) is 3.64. The van der Waals surface area contributed by atoms with Crippen LogP contribution in [0.3, 0.4) is 0 Å². The zero-order chi connectivity index (χ0) is 19.8. The average Bonchev–Trinajstić information content (AvgIpc) is 3.16. The molecule has 0 radical (unpaired) electrons. The van der Waals surface area contributed by atoms with Crippen LogP contribution in [0.15, 0.2) is 47.5 Å². The van der Waals surface area contributed by atoms with Crippen LogP contribution in [0.5, 0.6) is 11.5 Å². The van der Waals surface area contributed by atoms with E-state index in [9.17, 15) is 4.79 Å². The van der Waals surface area contributed by atoms with Crippen LogP contribution < -0.4 is 25.4 Å². The third kappa shape index (κ3) is 6.81. The first kappa shape index (κ1) is 22.8. The maximum atomic E-state index is 11.8. The second-order valence-corrected chi connectivity index (χ2v) is 6.47. The highest BCUT2D eigenvalue weighted by Crippen LogP contribution is 2.32. The molecule has 7 nitrogen and oxygen atoms in total. The first-order valence-electron chi connectivity index (χ1n) is 9.39. The van der Waals surface area contributed by atoms with Gasteiger partial charge in [0.25, 0.3) is 0 Å². The van der Waals surface area contributed by atoms with Gasteiger partial charge < -0.3 is 25.4 Å². The van der Waals surface area contributed by atoms with Gasteiger partial charge in [-0.1, -0.05) is 25.1 Å². The van der Waals surface area contributed by atoms with Gasteiger partial charge >= 0.3 is 0 Å². The summed E-state index contributed by atoms with van der Waals surface area (Å²) in [5, 5.41) is 9.49. The highest BCUT2D eigenvalue weighted by Gasteiger charge is 2.13. The molecule has 3 rings (SSSR count). The molecule has 0 saturated carbocycles. The molecule has 0 bridgehead atoms. The Morgan fingerprint density at radius 2 is 1.76 bits per heavy atom. The minimum absolute atomic E-state index is 0. The van der Waals surface area contributed by atoms with Crippen molar-refractivity contribution in [2.45, 2.75) is 32.9 Å². The Balaban J connectivity index is 0.00000300. The van der Waals surface area contributed by atoms with Gasteiger partial charge in [0.1, 0.15) is 0 Å². The molecule has 1 heterocycles. The molecule has 156 valence electrons. The third-order valence-corrected chi connectivity index (χ3v) is 4.27. The van der Waals surface area contributed by atoms with Crippen molar-refractivity contribution in [1.29, 1.82) is 0 Å². The van der Waals surface area contributed by atoms with Crippen molar-refractivity contribution in [1.82, 2.24) is 10.6 Å². The third-order valence-electron chi connectivity index (χ3n) is 4.27. The number of benzene rings is 2. The van der Waals surface area contributed by atoms with E-state index in [0.29, 0.717) is 25.5 Å². The number of carbonyl (C=O) groups is 1. The first-order chi connectivity index (χ1) is 13.7. The summed E-state index contributed by atoms with van der Waals surface area (Å²) in [6.07, 6.45) is 1.36. The van der Waals surface area contributed by atoms with Crippen molar-refractivity contribution >= 4 is 41.5 Å². The molecule has 0 saturated heterocycles. The van der Waals surface area contributed by atoms with Gasteiger partial charge in [-0.2, -0.15) is 0 Å². The molecule has 0 aromatic heterocycles. The molecule has 0 atom stereocenters. The Kier molecular flexibility index (Phi) is 9.04. The number of hydrogen-bond donors (Lipinski definition) is 3. The van der Waals surface area contributed by atoms with Crippen molar-refractivity contribution in [2.24, 2.45) is 4.99 Å². The number of aliphatic imine (C=N–C) groups is 1. The topological polar surface area (TPSA) is 84.0 Å². The number of amides is 1. The molecular weight excluding hydrogens is 483 g/mol. The zero-order valence-electron chi connectivity index (χ0n) is 16.7. The molecule has 3 N–H and O–H groups in total. The van der Waals surface area contributed by atoms with Crippen LogP contribution >= 0.6 is 24.0 Å². The van der Waals surface area contributed by atoms with E-state index in [1.165, 1.54) is 0 Å². The Bertz CT molecular complexity index is 858. The summed E-state index contributed by atoms with van der Waals surface area (Å²) in [6.45, 7) is 3.47. The molecule has 1 amide bonds. The van der Waals surface area contributed by atoms with Crippen LogP contribution in [0, 0.1) is 0 Å². The van der Waals surface area contributed by atoms with Gasteiger partial charge in [0, 0.05) is 32.2 Å². The van der Waals surface area contributed by atoms with E-state index in [1.54, 1.807) is 7.05 Å². The fourth-order valence-corrected chi connectivity index (χ4v) is 2.85. The lowest BCUT2D eigenvalue weighted by molar-refractivity contribution is -0.116. The number of guanidine groups is 1. The second-order valence-electron chi connectivity index (χ2n) is 6.47. The van der Waals surface area contributed by atoms with E-state index >= 15 is 0 Å². The van der Waals surface area contributed by atoms with Crippen LogP contribution in [-0.4, -0.2) is 25.7 Å². The van der Waals surface area contributed by atoms with E-state index in [0.717, 1.165) is 34.7 Å². The van der Waals surface area contributed by atoms with Crippen molar-refractivity contribution in [2.75, 3.05) is 19.2 Å². The minimum Gasteiger partial charge on any atom is -0.454 e. The SMILES string of the molecule is CCCC(=O)Nc1cccc(CNC(=NC)NCc2ccc3c(c2)OCO3)c1.I. The smallest absolute Gasteiger partial charge is 0.231 e. The Hall–Kier alpha value is -2.49. The van der Waals surface area contributed by atoms with Crippen molar-refractivity contribution < 1.29 is 14.3 Å². The van der Waals surface area contributed by atoms with Crippen LogP contribution in [0.4, 0.5) is 5.69 Å². The van der Waals surface area contributed by atoms with Gasteiger partial charge in [0.2, 0.25) is 12.7 Å². The van der Waals surface area contributed by atoms with Gasteiger partial charge in [-0.25, -0.2) is 0 Å². The van der Waals surface area contributed by atoms with Crippen molar-refractivity contribution in [3.8, 4) is 11.5 Å². The largest absolute Gasteiger partial charge is 0.454 e. The number of carbonyl (C=O) groups excluding carboxylic acids is 1. The molecule has 0 unspecified atom stereocenters. The van der Waals surface area contributed by atoms with Gasteiger partial charge in [-0.05, 0) is 41.8 Å². The van der Waals surface area contributed by atoms with Gasteiger partial charge in [-0.15, -0.1) is 24.0 Å². The van der Waals surface area contributed by atoms with Crippen molar-refractivity contribution in [3.05, 3.63) is 53.6 Å². The number of nitrogens with one attached hydrogen (secondary N) is 3. The number of rotatable bonds is 7. The summed E-state index contributed by atoms with van der Waals surface area (Å²) in [6, 6.07) is 13.7. The molecule has 2 aromatic carbocycles. The molecule has 29 heavy (non-hydrogen) atoms. The summed E-state index contributed by atoms with van der Waals surface area (Å²) in [4.78, 5) is 16.0. The van der Waals surface area contributed by atoms with Gasteiger partial charge in [0.05, 0.1) is 0 Å². The predicted molar refractivity (Wildman–Crippen MR) is 125 cm³/mol. The fourth-order valence-electron chi connectivity index (χ4n) is 2.85. The Labute approximate surface area is 188 Å². The molecule has 1 aliphatic rings. The lowest BCUT2D eigenvalue weighted by Gasteiger charge is -2.13. The van der Waals surface area contributed by atoms with E-state index < -0.39 is 0 Å². The normalized spacial score (nSPS) is 12.1. The standard InChI is InChI=1S/C21H26N4O3.HI/c1-3-5-20(26)25-17-7-4-6-15(10-17)12-23-21(22-2)24-13-16-8-9-18-19(11-16)28-14-27-18;/h4,6-11H,3,5,12-14H2,1-2H3,(H,25,26)(H2,22,23,24);1H. The van der Waals surface area contributed by atoms with Crippen LogP contribution in [0.25, 0.3) is 0 Å². The summed E-state index contributed by atoms with van der Waals surface area (Å²) in [5.41, 5.74) is 2.94. The Morgan fingerprint density at radius 1 is 1.03 bits per heavy atom. The summed E-state index contributed by atoms with van der Waals surface area (Å²) in [5.74, 6) is 2.27. The number of nitrogens with zero attached hydrogens (tertiary/aromatic N) is 1. The van der Waals surface area contributed by atoms with E-state index in [-0.39, 0.29) is 36.7 Å². The maximum Gasteiger partial charge on any atom is 0.231 e. The minimum atomic E-state index is 0. The van der Waals surface area contributed by atoms with Crippen LogP contribution in [0.1, 0.15) is 30.9 Å². The highest BCUT2D eigenvalue weighted by molar-refractivity contribution is 14.0. The number of hydrogen-bond acceptors (Lipinski definition) is 4. The molecule has 8 heteroatoms. The van der Waals surface area contributed by atoms with E-state index in [2.05, 4.69) is 20.9 Å². The lowest BCUT2D eigenvalue weighted by atomic mass is 10.2. The quantitative estimate of drug-likeness (QED) is 0.301. The number of ether oxygens (including phenoxy) is 2. The number of fused-ring (bicyclic) bond motifs is 1. The number of halogens is 1. The lowest BCUT2D eigenvalue weighted by Crippen LogP contribution is -2.36. The summed E-state index contributed by atoms with van der Waals surface area (Å²) >= 11 is 0. The summed E-state index contributed by atoms with van der Waals surface area (Å²) in [7, 11) is 1.73. The van der Waals surface area contributed by atoms with Crippen LogP contribution in [0.2, 0.25) is 0 Å². The van der Waals surface area contributed by atoms with Gasteiger partial charge in [0.15, 0.2) is 17.5 Å². The van der Waals surface area contributed by atoms with E-state index in [1.807, 2.05) is 49.4 Å². The molecule has 0 fully saturated rings. The molecule has 2 aromatic rings. The Morgan fingerprint density at radius 3 is 2.48 bits per heavy atom. The highest BCUT2D eigenvalue weighted by atomic mass is 127. The first-order valence-corrected chi connectivity index (χ1v) is 9.39. The maximum absolute atomic E-state index is 11.8. The molecule has 1 aliphatic heterocycles. The zero-order valence-corrected chi connectivity index (χ0v) is 19.0. The molecule has 0 aliphatic carbocycles. The average molecular weight is 510 g/mol. The second kappa shape index (κ2) is 11.5. The number of anilines is 1. The molecular formula is C21H27IN4O3. The fraction of sp³-hybridized carbons (Fsp3) is 0.333. The van der Waals surface area contributed by atoms with Gasteiger partial charge in [-0.3, -0.25) is 9.79 Å². The monoisotopic (exact) mass is 510 g/mol. The van der Waals surface area contributed by atoms with Crippen molar-refractivity contribution in [3.63, 3.8) is 0 Å². The van der Waals surface area contributed by atoms with Crippen LogP contribution in [-0.2, 0) is 17.9 Å². The van der Waals surface area contributed by atoms with E-state index in [4.69, 9.17) is 9.47 Å². The molecule has 0 spiro atoms. The summed E-state index contributed by atoms with van der Waals surface area (Å²) < 4.78 is 10.7.